The number of imide groups is 1. The monoisotopic (exact) mass is 517 g/mol. The lowest BCUT2D eigenvalue weighted by Gasteiger charge is -2.13. The van der Waals surface area contributed by atoms with Crippen LogP contribution in [0.1, 0.15) is 11.1 Å². The number of hydrogen-bond donors (Lipinski definition) is 0. The molecule has 0 bridgehead atoms. The zero-order valence-corrected chi connectivity index (χ0v) is 19.7. The van der Waals surface area contributed by atoms with Gasteiger partial charge in [0.15, 0.2) is 11.5 Å². The van der Waals surface area contributed by atoms with Crippen molar-refractivity contribution in [3.8, 4) is 11.5 Å². The van der Waals surface area contributed by atoms with Crippen molar-refractivity contribution in [3.63, 3.8) is 0 Å². The van der Waals surface area contributed by atoms with E-state index in [4.69, 9.17) is 8.92 Å². The molecule has 180 valence electrons. The molecule has 0 radical (unpaired) electrons. The second-order valence-corrected chi connectivity index (χ2v) is 9.80. The molecule has 0 saturated carbocycles. The molecule has 0 N–H and O–H groups in total. The first-order valence-corrected chi connectivity index (χ1v) is 12.3. The van der Waals surface area contributed by atoms with E-state index in [2.05, 4.69) is 0 Å². The molecule has 7 nitrogen and oxygen atoms in total. The number of thioether (sulfide) groups is 1. The van der Waals surface area contributed by atoms with Crippen molar-refractivity contribution >= 4 is 39.1 Å². The van der Waals surface area contributed by atoms with Gasteiger partial charge in [-0.2, -0.15) is 8.42 Å². The van der Waals surface area contributed by atoms with Gasteiger partial charge in [-0.05, 0) is 65.9 Å². The van der Waals surface area contributed by atoms with Crippen LogP contribution in [0.15, 0.2) is 76.5 Å². The number of carbonyl (C=O) groups is 2. The third-order valence-corrected chi connectivity index (χ3v) is 7.10. The molecule has 1 fully saturated rings. The van der Waals surface area contributed by atoms with Gasteiger partial charge in [0.25, 0.3) is 11.1 Å². The molecule has 3 aromatic carbocycles. The van der Waals surface area contributed by atoms with E-state index in [-0.39, 0.29) is 33.4 Å². The highest BCUT2D eigenvalue weighted by Crippen LogP contribution is 2.36. The number of halogens is 2. The van der Waals surface area contributed by atoms with Gasteiger partial charge in [0.05, 0.1) is 18.6 Å². The Labute approximate surface area is 204 Å². The molecular weight excluding hydrogens is 500 g/mol. The molecule has 0 spiro atoms. The Morgan fingerprint density at radius 1 is 0.971 bits per heavy atom. The molecule has 1 saturated heterocycles. The Balaban J connectivity index is 1.55. The maximum Gasteiger partial charge on any atom is 0.339 e. The van der Waals surface area contributed by atoms with Gasteiger partial charge in [-0.25, -0.2) is 8.78 Å². The summed E-state index contributed by atoms with van der Waals surface area (Å²) in [7, 11) is -2.95. The fraction of sp³-hybridized carbons (Fsp3) is 0.0833. The largest absolute Gasteiger partial charge is 0.493 e. The summed E-state index contributed by atoms with van der Waals surface area (Å²) in [6.45, 7) is -0.202. The Hall–Kier alpha value is -3.70. The SMILES string of the molecule is COc1cc(/C=C2/SC(=O)N(Cc3ccccc3F)C2=O)ccc1OS(=O)(=O)c1ccc(F)cc1. The quantitative estimate of drug-likeness (QED) is 0.323. The van der Waals surface area contributed by atoms with E-state index in [9.17, 15) is 26.8 Å². The summed E-state index contributed by atoms with van der Waals surface area (Å²) in [5.41, 5.74) is 0.645. The van der Waals surface area contributed by atoms with Crippen LogP contribution in [0.2, 0.25) is 0 Å². The maximum absolute atomic E-state index is 14.0. The Morgan fingerprint density at radius 2 is 1.69 bits per heavy atom. The summed E-state index contributed by atoms with van der Waals surface area (Å²) >= 11 is 0.705. The van der Waals surface area contributed by atoms with E-state index in [1.54, 1.807) is 6.07 Å². The summed E-state index contributed by atoms with van der Waals surface area (Å²) < 4.78 is 62.4. The van der Waals surface area contributed by atoms with E-state index >= 15 is 0 Å². The lowest BCUT2D eigenvalue weighted by molar-refractivity contribution is -0.123. The Kier molecular flexibility index (Phi) is 6.90. The zero-order chi connectivity index (χ0) is 25.2. The van der Waals surface area contributed by atoms with Crippen molar-refractivity contribution in [2.75, 3.05) is 7.11 Å². The molecule has 1 aliphatic heterocycles. The van der Waals surface area contributed by atoms with Crippen molar-refractivity contribution in [3.05, 3.63) is 94.4 Å². The first kappa shape index (κ1) is 24.4. The van der Waals surface area contributed by atoms with Gasteiger partial charge in [-0.15, -0.1) is 0 Å². The van der Waals surface area contributed by atoms with Gasteiger partial charge in [0, 0.05) is 5.56 Å². The Bertz CT molecular complexity index is 1440. The number of rotatable bonds is 7. The van der Waals surface area contributed by atoms with Crippen molar-refractivity contribution in [1.29, 1.82) is 0 Å². The maximum atomic E-state index is 14.0. The molecular formula is C24H17F2NO6S2. The van der Waals surface area contributed by atoms with E-state index in [1.807, 2.05) is 0 Å². The summed E-state index contributed by atoms with van der Waals surface area (Å²) in [5.74, 6) is -1.77. The van der Waals surface area contributed by atoms with Gasteiger partial charge in [-0.1, -0.05) is 24.3 Å². The van der Waals surface area contributed by atoms with Crippen molar-refractivity contribution < 1.29 is 35.7 Å². The fourth-order valence-corrected chi connectivity index (χ4v) is 4.97. The van der Waals surface area contributed by atoms with E-state index in [0.29, 0.717) is 17.3 Å². The van der Waals surface area contributed by atoms with Crippen molar-refractivity contribution in [1.82, 2.24) is 4.90 Å². The lowest BCUT2D eigenvalue weighted by Crippen LogP contribution is -2.27. The topological polar surface area (TPSA) is 90.0 Å². The average molecular weight is 518 g/mol. The van der Waals surface area contributed by atoms with Gasteiger partial charge in [0.1, 0.15) is 16.5 Å². The summed E-state index contributed by atoms with van der Waals surface area (Å²) in [6.07, 6.45) is 1.44. The van der Waals surface area contributed by atoms with Crippen molar-refractivity contribution in [2.45, 2.75) is 11.4 Å². The first-order valence-electron chi connectivity index (χ1n) is 10.0. The van der Waals surface area contributed by atoms with Crippen LogP contribution in [0.4, 0.5) is 13.6 Å². The average Bonchev–Trinajstić information content (AvgIpc) is 3.08. The molecule has 1 heterocycles. The first-order chi connectivity index (χ1) is 16.7. The van der Waals surface area contributed by atoms with Crippen LogP contribution in [0, 0.1) is 11.6 Å². The third kappa shape index (κ3) is 5.36. The number of nitrogens with zero attached hydrogens (tertiary/aromatic N) is 1. The van der Waals surface area contributed by atoms with Crippen LogP contribution in [-0.2, 0) is 21.5 Å². The normalized spacial score (nSPS) is 15.1. The van der Waals surface area contributed by atoms with Gasteiger partial charge in [0.2, 0.25) is 0 Å². The third-order valence-electron chi connectivity index (χ3n) is 4.95. The van der Waals surface area contributed by atoms with Crippen LogP contribution in [0.5, 0.6) is 11.5 Å². The molecule has 35 heavy (non-hydrogen) atoms. The van der Waals surface area contributed by atoms with Crippen LogP contribution in [-0.4, -0.2) is 31.6 Å². The molecule has 2 amide bonds. The zero-order valence-electron chi connectivity index (χ0n) is 18.1. The number of benzene rings is 3. The minimum Gasteiger partial charge on any atom is -0.493 e. The Morgan fingerprint density at radius 3 is 2.37 bits per heavy atom. The highest BCUT2D eigenvalue weighted by Gasteiger charge is 2.35. The van der Waals surface area contributed by atoms with Gasteiger partial charge >= 0.3 is 10.1 Å². The molecule has 11 heteroatoms. The second-order valence-electron chi connectivity index (χ2n) is 7.26. The number of amides is 2. The molecule has 4 rings (SSSR count). The van der Waals surface area contributed by atoms with Crippen LogP contribution >= 0.6 is 11.8 Å². The number of ether oxygens (including phenoxy) is 1. The van der Waals surface area contributed by atoms with Crippen LogP contribution in [0.25, 0.3) is 6.08 Å². The van der Waals surface area contributed by atoms with E-state index in [1.165, 1.54) is 49.6 Å². The highest BCUT2D eigenvalue weighted by atomic mass is 32.2. The predicted octanol–water partition coefficient (Wildman–Crippen LogP) is 4.98. The van der Waals surface area contributed by atoms with E-state index in [0.717, 1.165) is 29.2 Å². The standard InChI is InChI=1S/C24H17F2NO6S2/c1-32-21-12-15(6-11-20(21)33-35(30,31)18-9-7-17(25)8-10-18)13-22-23(28)27(24(29)34-22)14-16-4-2-3-5-19(16)26/h2-13H,14H2,1H3/b22-13+. The van der Waals surface area contributed by atoms with Crippen LogP contribution < -0.4 is 8.92 Å². The molecule has 1 aliphatic rings. The molecule has 0 unspecified atom stereocenters. The highest BCUT2D eigenvalue weighted by molar-refractivity contribution is 8.18. The number of methoxy groups -OCH3 is 1. The summed E-state index contributed by atoms with van der Waals surface area (Å²) in [5, 5.41) is -0.540. The molecule has 3 aromatic rings. The summed E-state index contributed by atoms with van der Waals surface area (Å²) in [4.78, 5) is 25.9. The predicted molar refractivity (Wildman–Crippen MR) is 125 cm³/mol. The van der Waals surface area contributed by atoms with E-state index < -0.39 is 32.9 Å². The van der Waals surface area contributed by atoms with Crippen molar-refractivity contribution in [2.24, 2.45) is 0 Å². The lowest BCUT2D eigenvalue weighted by atomic mass is 10.1. The molecule has 0 aromatic heterocycles. The van der Waals surface area contributed by atoms with Gasteiger partial charge < -0.3 is 8.92 Å². The second kappa shape index (κ2) is 9.88. The smallest absolute Gasteiger partial charge is 0.339 e. The van der Waals surface area contributed by atoms with Gasteiger partial charge in [-0.3, -0.25) is 14.5 Å². The number of hydrogen-bond acceptors (Lipinski definition) is 7. The van der Waals surface area contributed by atoms with Crippen LogP contribution in [0.3, 0.4) is 0 Å². The fourth-order valence-electron chi connectivity index (χ4n) is 3.20. The molecule has 0 atom stereocenters. The summed E-state index contributed by atoms with van der Waals surface area (Å²) in [6, 6.07) is 14.2. The number of carbonyl (C=O) groups excluding carboxylic acids is 2. The minimum absolute atomic E-state index is 0.0509. The molecule has 0 aliphatic carbocycles. The minimum atomic E-state index is -4.26.